The Morgan fingerprint density at radius 3 is 2.61 bits per heavy atom. The quantitative estimate of drug-likeness (QED) is 0.827. The molecular formula is C19H25N3O. The molecule has 0 spiro atoms. The van der Waals surface area contributed by atoms with Crippen LogP contribution in [-0.2, 0) is 0 Å². The Hall–Kier alpha value is -2.36. The molecule has 1 aromatic carbocycles. The van der Waals surface area contributed by atoms with Gasteiger partial charge in [-0.2, -0.15) is 0 Å². The van der Waals surface area contributed by atoms with Crippen molar-refractivity contribution in [1.82, 2.24) is 10.3 Å². The molecule has 2 rings (SSSR count). The summed E-state index contributed by atoms with van der Waals surface area (Å²) in [6.45, 7) is 8.36. The lowest BCUT2D eigenvalue weighted by Crippen LogP contribution is -2.31. The molecule has 0 aliphatic heterocycles. The summed E-state index contributed by atoms with van der Waals surface area (Å²) in [5, 5.41) is 6.33. The zero-order chi connectivity index (χ0) is 16.8. The van der Waals surface area contributed by atoms with Crippen LogP contribution in [0.3, 0.4) is 0 Å². The van der Waals surface area contributed by atoms with Crippen LogP contribution in [0, 0.1) is 0 Å². The van der Waals surface area contributed by atoms with Crippen molar-refractivity contribution in [2.24, 2.45) is 0 Å². The first-order chi connectivity index (χ1) is 11.0. The fourth-order valence-corrected chi connectivity index (χ4v) is 2.31. The molecule has 1 unspecified atom stereocenters. The van der Waals surface area contributed by atoms with Gasteiger partial charge in [0, 0.05) is 17.9 Å². The van der Waals surface area contributed by atoms with Crippen LogP contribution in [0.15, 0.2) is 42.7 Å². The van der Waals surface area contributed by atoms with Gasteiger partial charge in [0.05, 0.1) is 17.4 Å². The van der Waals surface area contributed by atoms with Crippen molar-refractivity contribution in [2.75, 3.05) is 5.32 Å². The van der Waals surface area contributed by atoms with Crippen LogP contribution in [0.4, 0.5) is 11.4 Å². The lowest BCUT2D eigenvalue weighted by atomic mass is 10.0. The first kappa shape index (κ1) is 17.0. The third-order valence-corrected chi connectivity index (χ3v) is 3.85. The summed E-state index contributed by atoms with van der Waals surface area (Å²) < 4.78 is 0. The summed E-state index contributed by atoms with van der Waals surface area (Å²) in [4.78, 5) is 16.4. The van der Waals surface area contributed by atoms with E-state index in [4.69, 9.17) is 0 Å². The van der Waals surface area contributed by atoms with Crippen molar-refractivity contribution in [3.63, 3.8) is 0 Å². The second kappa shape index (κ2) is 7.77. The van der Waals surface area contributed by atoms with Gasteiger partial charge in [0.15, 0.2) is 0 Å². The molecule has 1 aromatic heterocycles. The molecule has 0 aliphatic rings. The number of anilines is 2. The van der Waals surface area contributed by atoms with Crippen molar-refractivity contribution in [2.45, 2.75) is 46.1 Å². The minimum absolute atomic E-state index is 0.0901. The molecule has 23 heavy (non-hydrogen) atoms. The standard InChI is InChI=1S/C19H25N3O/c1-5-14(4)21-19(23)15-10-16(12-20-11-15)22-18-9-7-6-8-17(18)13(2)3/h6-14,22H,5H2,1-4H3,(H,21,23). The Morgan fingerprint density at radius 2 is 1.91 bits per heavy atom. The predicted octanol–water partition coefficient (Wildman–Crippen LogP) is 4.48. The zero-order valence-electron chi connectivity index (χ0n) is 14.3. The van der Waals surface area contributed by atoms with Crippen LogP contribution in [-0.4, -0.2) is 16.9 Å². The Balaban J connectivity index is 2.19. The fourth-order valence-electron chi connectivity index (χ4n) is 2.31. The average Bonchev–Trinajstić information content (AvgIpc) is 2.55. The van der Waals surface area contributed by atoms with E-state index in [0.717, 1.165) is 17.8 Å². The summed E-state index contributed by atoms with van der Waals surface area (Å²) >= 11 is 0. The highest BCUT2D eigenvalue weighted by Crippen LogP contribution is 2.26. The zero-order valence-corrected chi connectivity index (χ0v) is 14.3. The molecule has 4 nitrogen and oxygen atoms in total. The largest absolute Gasteiger partial charge is 0.354 e. The van der Waals surface area contributed by atoms with Crippen LogP contribution in [0.1, 0.15) is 56.0 Å². The van der Waals surface area contributed by atoms with Crippen molar-refractivity contribution < 1.29 is 4.79 Å². The van der Waals surface area contributed by atoms with Gasteiger partial charge in [-0.25, -0.2) is 0 Å². The molecule has 1 atom stereocenters. The number of nitrogens with zero attached hydrogens (tertiary/aromatic N) is 1. The third-order valence-electron chi connectivity index (χ3n) is 3.85. The van der Waals surface area contributed by atoms with Gasteiger partial charge in [-0.1, -0.05) is 39.0 Å². The molecule has 0 aliphatic carbocycles. The predicted molar refractivity (Wildman–Crippen MR) is 95.3 cm³/mol. The van der Waals surface area contributed by atoms with Crippen molar-refractivity contribution in [3.05, 3.63) is 53.9 Å². The number of benzene rings is 1. The Morgan fingerprint density at radius 1 is 1.17 bits per heavy atom. The summed E-state index contributed by atoms with van der Waals surface area (Å²) in [5.41, 5.74) is 3.66. The van der Waals surface area contributed by atoms with E-state index in [9.17, 15) is 4.79 Å². The number of carbonyl (C=O) groups is 1. The summed E-state index contributed by atoms with van der Waals surface area (Å²) in [6, 6.07) is 10.2. The lowest BCUT2D eigenvalue weighted by molar-refractivity contribution is 0.0939. The molecule has 0 radical (unpaired) electrons. The van der Waals surface area contributed by atoms with Gasteiger partial charge >= 0.3 is 0 Å². The van der Waals surface area contributed by atoms with E-state index < -0.39 is 0 Å². The number of hydrogen-bond donors (Lipinski definition) is 2. The second-order valence-electron chi connectivity index (χ2n) is 6.11. The molecule has 1 heterocycles. The molecule has 0 saturated heterocycles. The van der Waals surface area contributed by atoms with E-state index in [1.807, 2.05) is 38.1 Å². The molecule has 2 N–H and O–H groups in total. The first-order valence-electron chi connectivity index (χ1n) is 8.13. The summed E-state index contributed by atoms with van der Waals surface area (Å²) in [6.07, 6.45) is 4.23. The van der Waals surface area contributed by atoms with Gasteiger partial charge in [-0.05, 0) is 37.0 Å². The normalized spacial score (nSPS) is 12.0. The molecular weight excluding hydrogens is 286 g/mol. The summed E-state index contributed by atoms with van der Waals surface area (Å²) in [7, 11) is 0. The highest BCUT2D eigenvalue weighted by Gasteiger charge is 2.11. The number of hydrogen-bond acceptors (Lipinski definition) is 3. The fraction of sp³-hybridized carbons (Fsp3) is 0.368. The molecule has 122 valence electrons. The average molecular weight is 311 g/mol. The Kier molecular flexibility index (Phi) is 5.74. The van der Waals surface area contributed by atoms with E-state index in [0.29, 0.717) is 11.5 Å². The monoisotopic (exact) mass is 311 g/mol. The van der Waals surface area contributed by atoms with Crippen molar-refractivity contribution in [1.29, 1.82) is 0 Å². The minimum atomic E-state index is -0.0901. The molecule has 4 heteroatoms. The first-order valence-corrected chi connectivity index (χ1v) is 8.13. The highest BCUT2D eigenvalue weighted by atomic mass is 16.1. The van der Waals surface area contributed by atoms with E-state index in [-0.39, 0.29) is 11.9 Å². The van der Waals surface area contributed by atoms with Gasteiger partial charge in [-0.3, -0.25) is 9.78 Å². The number of amides is 1. The van der Waals surface area contributed by atoms with Gasteiger partial charge in [-0.15, -0.1) is 0 Å². The van der Waals surface area contributed by atoms with Crippen LogP contribution in [0.5, 0.6) is 0 Å². The maximum atomic E-state index is 12.2. The maximum Gasteiger partial charge on any atom is 0.253 e. The minimum Gasteiger partial charge on any atom is -0.354 e. The molecule has 2 aromatic rings. The van der Waals surface area contributed by atoms with Crippen LogP contribution < -0.4 is 10.6 Å². The van der Waals surface area contributed by atoms with Crippen LogP contribution in [0.2, 0.25) is 0 Å². The van der Waals surface area contributed by atoms with Crippen molar-refractivity contribution >= 4 is 17.3 Å². The molecule has 0 saturated carbocycles. The summed E-state index contributed by atoms with van der Waals surface area (Å²) in [5.74, 6) is 0.330. The number of rotatable bonds is 6. The third kappa shape index (κ3) is 4.55. The smallest absolute Gasteiger partial charge is 0.253 e. The number of aromatic nitrogens is 1. The number of nitrogens with one attached hydrogen (secondary N) is 2. The molecule has 1 amide bonds. The van der Waals surface area contributed by atoms with Gasteiger partial charge in [0.2, 0.25) is 0 Å². The number of carbonyl (C=O) groups excluding carboxylic acids is 1. The van der Waals surface area contributed by atoms with Gasteiger partial charge in [0.1, 0.15) is 0 Å². The van der Waals surface area contributed by atoms with Gasteiger partial charge in [0.25, 0.3) is 5.91 Å². The topological polar surface area (TPSA) is 54.0 Å². The van der Waals surface area contributed by atoms with E-state index in [1.54, 1.807) is 12.4 Å². The maximum absolute atomic E-state index is 12.2. The van der Waals surface area contributed by atoms with E-state index in [1.165, 1.54) is 5.56 Å². The lowest BCUT2D eigenvalue weighted by Gasteiger charge is -2.15. The Labute approximate surface area is 138 Å². The Bertz CT molecular complexity index is 667. The van der Waals surface area contributed by atoms with E-state index in [2.05, 4.69) is 35.5 Å². The highest BCUT2D eigenvalue weighted by molar-refractivity contribution is 5.95. The molecule has 0 fully saturated rings. The molecule has 0 bridgehead atoms. The van der Waals surface area contributed by atoms with Crippen LogP contribution in [0.25, 0.3) is 0 Å². The number of pyridine rings is 1. The number of para-hydroxylation sites is 1. The van der Waals surface area contributed by atoms with Crippen LogP contribution >= 0.6 is 0 Å². The van der Waals surface area contributed by atoms with Gasteiger partial charge < -0.3 is 10.6 Å². The van der Waals surface area contributed by atoms with Crippen molar-refractivity contribution in [3.8, 4) is 0 Å². The second-order valence-corrected chi connectivity index (χ2v) is 6.11. The SMILES string of the molecule is CCC(C)NC(=O)c1cncc(Nc2ccccc2C(C)C)c1. The van der Waals surface area contributed by atoms with E-state index >= 15 is 0 Å².